The van der Waals surface area contributed by atoms with Crippen LogP contribution in [0.5, 0.6) is 0 Å². The maximum absolute atomic E-state index is 5.76. The minimum absolute atomic E-state index is 0.321. The highest BCUT2D eigenvalue weighted by Crippen LogP contribution is 2.30. The Kier molecular flexibility index (Phi) is 6.07. The monoisotopic (exact) mass is 270 g/mol. The molecule has 1 N–H and O–H groups in total. The molecule has 0 aromatic rings. The second-order valence-electron chi connectivity index (χ2n) is 6.39. The maximum atomic E-state index is 5.76. The van der Waals surface area contributed by atoms with Gasteiger partial charge in [-0.05, 0) is 45.2 Å². The molecule has 2 aliphatic heterocycles. The van der Waals surface area contributed by atoms with Crippen LogP contribution in [0, 0.1) is 11.3 Å². The van der Waals surface area contributed by atoms with Crippen molar-refractivity contribution in [2.75, 3.05) is 60.2 Å². The van der Waals surface area contributed by atoms with Gasteiger partial charge in [-0.2, -0.15) is 0 Å². The molecule has 2 aliphatic rings. The van der Waals surface area contributed by atoms with Gasteiger partial charge in [0.05, 0.1) is 13.2 Å². The van der Waals surface area contributed by atoms with Gasteiger partial charge in [0.2, 0.25) is 0 Å². The SMILES string of the molecule is CNCC1(CN2CCCC(COC)C2)CCCOC1. The summed E-state index contributed by atoms with van der Waals surface area (Å²) in [4.78, 5) is 2.64. The average molecular weight is 270 g/mol. The highest BCUT2D eigenvalue weighted by Gasteiger charge is 2.35. The third kappa shape index (κ3) is 4.42. The van der Waals surface area contributed by atoms with Crippen molar-refractivity contribution in [1.29, 1.82) is 0 Å². The Hall–Kier alpha value is -0.160. The summed E-state index contributed by atoms with van der Waals surface area (Å²) in [5, 5.41) is 3.37. The molecule has 112 valence electrons. The first-order chi connectivity index (χ1) is 9.28. The van der Waals surface area contributed by atoms with E-state index in [9.17, 15) is 0 Å². The highest BCUT2D eigenvalue weighted by molar-refractivity contribution is 4.88. The first-order valence-electron chi connectivity index (χ1n) is 7.72. The van der Waals surface area contributed by atoms with E-state index in [2.05, 4.69) is 17.3 Å². The molecule has 2 atom stereocenters. The van der Waals surface area contributed by atoms with Crippen molar-refractivity contribution < 1.29 is 9.47 Å². The van der Waals surface area contributed by atoms with Crippen LogP contribution in [-0.4, -0.2) is 65.1 Å². The van der Waals surface area contributed by atoms with Crippen LogP contribution in [0.15, 0.2) is 0 Å². The number of ether oxygens (including phenoxy) is 2. The van der Waals surface area contributed by atoms with E-state index in [0.717, 1.165) is 32.3 Å². The second-order valence-corrected chi connectivity index (χ2v) is 6.39. The minimum atomic E-state index is 0.321. The molecule has 0 saturated carbocycles. The van der Waals surface area contributed by atoms with Gasteiger partial charge >= 0.3 is 0 Å². The number of nitrogens with zero attached hydrogens (tertiary/aromatic N) is 1. The maximum Gasteiger partial charge on any atom is 0.0546 e. The molecule has 0 aliphatic carbocycles. The Morgan fingerprint density at radius 1 is 1.42 bits per heavy atom. The molecule has 2 heterocycles. The number of hydrogen-bond acceptors (Lipinski definition) is 4. The Labute approximate surface area is 117 Å². The van der Waals surface area contributed by atoms with E-state index in [1.807, 2.05) is 7.11 Å². The molecule has 0 aromatic carbocycles. The smallest absolute Gasteiger partial charge is 0.0546 e. The summed E-state index contributed by atoms with van der Waals surface area (Å²) in [5.41, 5.74) is 0.321. The molecule has 4 nitrogen and oxygen atoms in total. The molecular weight excluding hydrogens is 240 g/mol. The summed E-state index contributed by atoms with van der Waals surface area (Å²) in [6.07, 6.45) is 5.13. The van der Waals surface area contributed by atoms with E-state index in [4.69, 9.17) is 9.47 Å². The summed E-state index contributed by atoms with van der Waals surface area (Å²) >= 11 is 0. The number of methoxy groups -OCH3 is 1. The first kappa shape index (κ1) is 15.2. The standard InChI is InChI=1S/C15H30N2O2/c1-16-11-15(6-4-8-19-13-15)12-17-7-3-5-14(9-17)10-18-2/h14,16H,3-13H2,1-2H3. The van der Waals surface area contributed by atoms with Gasteiger partial charge in [-0.25, -0.2) is 0 Å². The van der Waals surface area contributed by atoms with Crippen LogP contribution >= 0.6 is 0 Å². The molecule has 0 aromatic heterocycles. The van der Waals surface area contributed by atoms with E-state index < -0.39 is 0 Å². The summed E-state index contributed by atoms with van der Waals surface area (Å²) in [6.45, 7) is 7.44. The minimum Gasteiger partial charge on any atom is -0.384 e. The number of hydrogen-bond donors (Lipinski definition) is 1. The average Bonchev–Trinajstić information content (AvgIpc) is 2.41. The van der Waals surface area contributed by atoms with Gasteiger partial charge in [-0.15, -0.1) is 0 Å². The second kappa shape index (κ2) is 7.58. The van der Waals surface area contributed by atoms with Crippen molar-refractivity contribution in [2.45, 2.75) is 25.7 Å². The van der Waals surface area contributed by atoms with Crippen LogP contribution in [0.3, 0.4) is 0 Å². The van der Waals surface area contributed by atoms with Crippen LogP contribution in [-0.2, 0) is 9.47 Å². The Morgan fingerprint density at radius 2 is 2.32 bits per heavy atom. The molecule has 19 heavy (non-hydrogen) atoms. The molecule has 4 heteroatoms. The van der Waals surface area contributed by atoms with Crippen molar-refractivity contribution in [3.05, 3.63) is 0 Å². The zero-order chi connectivity index (χ0) is 13.6. The highest BCUT2D eigenvalue weighted by atomic mass is 16.5. The molecule has 2 saturated heterocycles. The van der Waals surface area contributed by atoms with Gasteiger partial charge < -0.3 is 19.7 Å². The van der Waals surface area contributed by atoms with Crippen molar-refractivity contribution in [3.63, 3.8) is 0 Å². The first-order valence-corrected chi connectivity index (χ1v) is 7.72. The van der Waals surface area contributed by atoms with E-state index in [-0.39, 0.29) is 0 Å². The van der Waals surface area contributed by atoms with E-state index >= 15 is 0 Å². The zero-order valence-electron chi connectivity index (χ0n) is 12.6. The number of piperidine rings is 1. The lowest BCUT2D eigenvalue weighted by molar-refractivity contribution is -0.0340. The third-order valence-corrected chi connectivity index (χ3v) is 4.52. The lowest BCUT2D eigenvalue weighted by atomic mass is 9.81. The number of nitrogens with one attached hydrogen (secondary N) is 1. The largest absolute Gasteiger partial charge is 0.384 e. The normalized spacial score (nSPS) is 33.5. The van der Waals surface area contributed by atoms with E-state index in [1.165, 1.54) is 45.3 Å². The van der Waals surface area contributed by atoms with Gasteiger partial charge in [-0.3, -0.25) is 0 Å². The van der Waals surface area contributed by atoms with E-state index in [0.29, 0.717) is 5.41 Å². The fourth-order valence-corrected chi connectivity index (χ4v) is 3.75. The van der Waals surface area contributed by atoms with Gasteiger partial charge in [-0.1, -0.05) is 0 Å². The fraction of sp³-hybridized carbons (Fsp3) is 1.00. The predicted octanol–water partition coefficient (Wildman–Crippen LogP) is 1.36. The predicted molar refractivity (Wildman–Crippen MR) is 77.5 cm³/mol. The van der Waals surface area contributed by atoms with Crippen molar-refractivity contribution >= 4 is 0 Å². The van der Waals surface area contributed by atoms with Gasteiger partial charge in [0.25, 0.3) is 0 Å². The summed E-state index contributed by atoms with van der Waals surface area (Å²) < 4.78 is 11.1. The fourth-order valence-electron chi connectivity index (χ4n) is 3.75. The molecule has 0 spiro atoms. The zero-order valence-corrected chi connectivity index (χ0v) is 12.6. The van der Waals surface area contributed by atoms with E-state index in [1.54, 1.807) is 0 Å². The topological polar surface area (TPSA) is 33.7 Å². The van der Waals surface area contributed by atoms with Crippen LogP contribution in [0.25, 0.3) is 0 Å². The Morgan fingerprint density at radius 3 is 3.00 bits per heavy atom. The number of likely N-dealkylation sites (tertiary alicyclic amines) is 1. The van der Waals surface area contributed by atoms with Gasteiger partial charge in [0, 0.05) is 38.8 Å². The van der Waals surface area contributed by atoms with Crippen molar-refractivity contribution in [2.24, 2.45) is 11.3 Å². The number of rotatable bonds is 6. The molecule has 0 bridgehead atoms. The molecule has 2 fully saturated rings. The quantitative estimate of drug-likeness (QED) is 0.790. The van der Waals surface area contributed by atoms with Gasteiger partial charge in [0.15, 0.2) is 0 Å². The molecule has 0 radical (unpaired) electrons. The van der Waals surface area contributed by atoms with Crippen molar-refractivity contribution in [3.8, 4) is 0 Å². The van der Waals surface area contributed by atoms with Crippen LogP contribution in [0.2, 0.25) is 0 Å². The lowest BCUT2D eigenvalue weighted by Crippen LogP contribution is -2.50. The lowest BCUT2D eigenvalue weighted by Gasteiger charge is -2.43. The van der Waals surface area contributed by atoms with Crippen molar-refractivity contribution in [1.82, 2.24) is 10.2 Å². The Balaban J connectivity index is 1.88. The van der Waals surface area contributed by atoms with Crippen LogP contribution in [0.1, 0.15) is 25.7 Å². The summed E-state index contributed by atoms with van der Waals surface area (Å²) in [5.74, 6) is 0.717. The molecule has 2 rings (SSSR count). The molecule has 0 amide bonds. The third-order valence-electron chi connectivity index (χ3n) is 4.52. The summed E-state index contributed by atoms with van der Waals surface area (Å²) in [6, 6.07) is 0. The van der Waals surface area contributed by atoms with Gasteiger partial charge in [0.1, 0.15) is 0 Å². The van der Waals surface area contributed by atoms with Crippen LogP contribution in [0.4, 0.5) is 0 Å². The Bertz CT molecular complexity index is 247. The molecular formula is C15H30N2O2. The van der Waals surface area contributed by atoms with Crippen LogP contribution < -0.4 is 5.32 Å². The molecule has 2 unspecified atom stereocenters. The summed E-state index contributed by atoms with van der Waals surface area (Å²) in [7, 11) is 3.87.